The fourth-order valence-electron chi connectivity index (χ4n) is 2.09. The summed E-state index contributed by atoms with van der Waals surface area (Å²) in [5.41, 5.74) is 0.989. The first kappa shape index (κ1) is 19.2. The van der Waals surface area contributed by atoms with Crippen LogP contribution in [0.25, 0.3) is 0 Å². The van der Waals surface area contributed by atoms with Crippen LogP contribution >= 0.6 is 0 Å². The molecule has 0 fully saturated rings. The van der Waals surface area contributed by atoms with Crippen molar-refractivity contribution >= 4 is 17.7 Å². The van der Waals surface area contributed by atoms with Gasteiger partial charge in [-0.1, -0.05) is 6.07 Å². The molecule has 1 atom stereocenters. The molecule has 2 rings (SSSR count). The quantitative estimate of drug-likeness (QED) is 0.649. The van der Waals surface area contributed by atoms with Crippen LogP contribution < -0.4 is 16.0 Å². The molecule has 2 aromatic rings. The van der Waals surface area contributed by atoms with Crippen LogP contribution in [0.2, 0.25) is 0 Å². The first-order valence-corrected chi connectivity index (χ1v) is 8.03. The highest BCUT2D eigenvalue weighted by molar-refractivity contribution is 5.97. The van der Waals surface area contributed by atoms with E-state index in [-0.39, 0.29) is 18.7 Å². The van der Waals surface area contributed by atoms with Crippen LogP contribution in [0.1, 0.15) is 33.2 Å². The SMILES string of the molecule is Cc1ccc(C(=O)NCCNC(=O)C(C)NC(=O)c2ccoc2)cc1F. The highest BCUT2D eigenvalue weighted by Crippen LogP contribution is 2.08. The van der Waals surface area contributed by atoms with E-state index in [0.717, 1.165) is 6.07 Å². The Bertz CT molecular complexity index is 790. The van der Waals surface area contributed by atoms with Crippen LogP contribution in [0.5, 0.6) is 0 Å². The predicted molar refractivity (Wildman–Crippen MR) is 92.1 cm³/mol. The molecule has 0 aliphatic rings. The largest absolute Gasteiger partial charge is 0.472 e. The molecule has 138 valence electrons. The van der Waals surface area contributed by atoms with E-state index >= 15 is 0 Å². The van der Waals surface area contributed by atoms with E-state index < -0.39 is 29.6 Å². The van der Waals surface area contributed by atoms with Gasteiger partial charge in [0.1, 0.15) is 18.1 Å². The van der Waals surface area contributed by atoms with E-state index in [1.54, 1.807) is 13.8 Å². The maximum absolute atomic E-state index is 13.5. The predicted octanol–water partition coefficient (Wildman–Crippen LogP) is 1.39. The number of aryl methyl sites for hydroxylation is 1. The van der Waals surface area contributed by atoms with Crippen molar-refractivity contribution in [3.8, 4) is 0 Å². The van der Waals surface area contributed by atoms with Gasteiger partial charge in [-0.25, -0.2) is 4.39 Å². The van der Waals surface area contributed by atoms with Crippen molar-refractivity contribution in [2.45, 2.75) is 19.9 Å². The van der Waals surface area contributed by atoms with Crippen molar-refractivity contribution in [2.24, 2.45) is 0 Å². The number of carbonyl (C=O) groups is 3. The third-order valence-corrected chi connectivity index (χ3v) is 3.67. The smallest absolute Gasteiger partial charge is 0.255 e. The number of carbonyl (C=O) groups excluding carboxylic acids is 3. The van der Waals surface area contributed by atoms with E-state index in [1.165, 1.54) is 30.7 Å². The molecule has 0 aliphatic carbocycles. The normalized spacial score (nSPS) is 11.5. The van der Waals surface area contributed by atoms with Gasteiger partial charge in [-0.05, 0) is 37.6 Å². The Morgan fingerprint density at radius 1 is 1.08 bits per heavy atom. The molecule has 1 aromatic heterocycles. The molecule has 3 N–H and O–H groups in total. The van der Waals surface area contributed by atoms with Crippen molar-refractivity contribution in [2.75, 3.05) is 13.1 Å². The second kappa shape index (κ2) is 8.80. The molecule has 1 unspecified atom stereocenters. The maximum atomic E-state index is 13.5. The summed E-state index contributed by atoms with van der Waals surface area (Å²) in [6.45, 7) is 3.49. The number of rotatable bonds is 7. The summed E-state index contributed by atoms with van der Waals surface area (Å²) in [5.74, 6) is -1.69. The van der Waals surface area contributed by atoms with Crippen molar-refractivity contribution in [3.05, 3.63) is 59.3 Å². The van der Waals surface area contributed by atoms with Gasteiger partial charge >= 0.3 is 0 Å². The standard InChI is InChI=1S/C18H20FN3O4/c1-11-3-4-13(9-15(11)19)17(24)21-7-6-20-16(23)12(2)22-18(25)14-5-8-26-10-14/h3-5,8-10,12H,6-7H2,1-2H3,(H,20,23)(H,21,24)(H,22,25). The molecule has 1 heterocycles. The molecule has 0 aliphatic heterocycles. The van der Waals surface area contributed by atoms with Gasteiger partial charge in [0.25, 0.3) is 11.8 Å². The summed E-state index contributed by atoms with van der Waals surface area (Å²) in [6, 6.07) is 4.95. The van der Waals surface area contributed by atoms with Crippen molar-refractivity contribution < 1.29 is 23.2 Å². The van der Waals surface area contributed by atoms with E-state index in [0.29, 0.717) is 11.1 Å². The molecule has 8 heteroatoms. The zero-order valence-electron chi connectivity index (χ0n) is 14.5. The van der Waals surface area contributed by atoms with Crippen molar-refractivity contribution in [1.82, 2.24) is 16.0 Å². The highest BCUT2D eigenvalue weighted by Gasteiger charge is 2.17. The van der Waals surface area contributed by atoms with Crippen LogP contribution in [-0.2, 0) is 4.79 Å². The van der Waals surface area contributed by atoms with E-state index in [4.69, 9.17) is 4.42 Å². The highest BCUT2D eigenvalue weighted by atomic mass is 19.1. The lowest BCUT2D eigenvalue weighted by atomic mass is 10.1. The second-order valence-corrected chi connectivity index (χ2v) is 5.72. The summed E-state index contributed by atoms with van der Waals surface area (Å²) in [5, 5.41) is 7.71. The van der Waals surface area contributed by atoms with E-state index in [9.17, 15) is 18.8 Å². The number of amides is 3. The Kier molecular flexibility index (Phi) is 6.48. The number of hydrogen-bond donors (Lipinski definition) is 3. The van der Waals surface area contributed by atoms with Crippen LogP contribution in [0, 0.1) is 12.7 Å². The minimum absolute atomic E-state index is 0.169. The number of hydrogen-bond acceptors (Lipinski definition) is 4. The Hall–Kier alpha value is -3.16. The molecule has 3 amide bonds. The third-order valence-electron chi connectivity index (χ3n) is 3.67. The van der Waals surface area contributed by atoms with Crippen molar-refractivity contribution in [3.63, 3.8) is 0 Å². The Morgan fingerprint density at radius 3 is 2.46 bits per heavy atom. The Morgan fingerprint density at radius 2 is 1.81 bits per heavy atom. The third kappa shape index (κ3) is 5.17. The van der Waals surface area contributed by atoms with Crippen molar-refractivity contribution in [1.29, 1.82) is 0 Å². The van der Waals surface area contributed by atoms with E-state index in [1.807, 2.05) is 0 Å². The van der Waals surface area contributed by atoms with Crippen LogP contribution in [0.15, 0.2) is 41.2 Å². The van der Waals surface area contributed by atoms with Gasteiger partial charge < -0.3 is 20.4 Å². The number of furan rings is 1. The van der Waals surface area contributed by atoms with Crippen LogP contribution in [-0.4, -0.2) is 36.9 Å². The maximum Gasteiger partial charge on any atom is 0.255 e. The lowest BCUT2D eigenvalue weighted by Crippen LogP contribution is -2.46. The molecule has 26 heavy (non-hydrogen) atoms. The Balaban J connectivity index is 1.71. The van der Waals surface area contributed by atoms with E-state index in [2.05, 4.69) is 16.0 Å². The minimum Gasteiger partial charge on any atom is -0.472 e. The molecule has 1 aromatic carbocycles. The molecule has 0 spiro atoms. The van der Waals surface area contributed by atoms with Gasteiger partial charge in [0.05, 0.1) is 11.8 Å². The molecule has 0 bridgehead atoms. The lowest BCUT2D eigenvalue weighted by molar-refractivity contribution is -0.122. The number of halogens is 1. The van der Waals surface area contributed by atoms with Gasteiger partial charge in [-0.3, -0.25) is 14.4 Å². The molecular weight excluding hydrogens is 341 g/mol. The van der Waals surface area contributed by atoms with Crippen LogP contribution in [0.4, 0.5) is 4.39 Å². The first-order chi connectivity index (χ1) is 12.4. The molecule has 0 saturated heterocycles. The van der Waals surface area contributed by atoms with Gasteiger partial charge in [0, 0.05) is 18.7 Å². The average Bonchev–Trinajstić information content (AvgIpc) is 3.15. The van der Waals surface area contributed by atoms with Gasteiger partial charge in [0.2, 0.25) is 5.91 Å². The number of benzene rings is 1. The summed E-state index contributed by atoms with van der Waals surface area (Å²) in [6.07, 6.45) is 2.64. The zero-order chi connectivity index (χ0) is 19.1. The lowest BCUT2D eigenvalue weighted by Gasteiger charge is -2.14. The molecule has 0 saturated carbocycles. The Labute approximate surface area is 150 Å². The minimum atomic E-state index is -0.751. The fraction of sp³-hybridized carbons (Fsp3) is 0.278. The fourth-order valence-corrected chi connectivity index (χ4v) is 2.09. The van der Waals surface area contributed by atoms with Gasteiger partial charge in [-0.15, -0.1) is 0 Å². The number of nitrogens with one attached hydrogen (secondary N) is 3. The van der Waals surface area contributed by atoms with Crippen LogP contribution in [0.3, 0.4) is 0 Å². The second-order valence-electron chi connectivity index (χ2n) is 5.72. The summed E-state index contributed by atoms with van der Waals surface area (Å²) in [7, 11) is 0. The monoisotopic (exact) mass is 361 g/mol. The molecule has 7 nitrogen and oxygen atoms in total. The summed E-state index contributed by atoms with van der Waals surface area (Å²) in [4.78, 5) is 35.7. The topological polar surface area (TPSA) is 100 Å². The summed E-state index contributed by atoms with van der Waals surface area (Å²) < 4.78 is 18.3. The zero-order valence-corrected chi connectivity index (χ0v) is 14.5. The van der Waals surface area contributed by atoms with Gasteiger partial charge in [0.15, 0.2) is 0 Å². The van der Waals surface area contributed by atoms with Gasteiger partial charge in [-0.2, -0.15) is 0 Å². The average molecular weight is 361 g/mol. The first-order valence-electron chi connectivity index (χ1n) is 8.03. The molecule has 0 radical (unpaired) electrons. The molecular formula is C18H20FN3O4. The summed E-state index contributed by atoms with van der Waals surface area (Å²) >= 11 is 0.